The maximum atomic E-state index is 13.2. The first-order valence-corrected chi connectivity index (χ1v) is 10.4. The molecule has 2 aromatic heterocycles. The summed E-state index contributed by atoms with van der Waals surface area (Å²) in [6.07, 6.45) is 2.31. The Kier molecular flexibility index (Phi) is 5.08. The van der Waals surface area contributed by atoms with Crippen molar-refractivity contribution >= 4 is 28.1 Å². The zero-order chi connectivity index (χ0) is 21.2. The van der Waals surface area contributed by atoms with Crippen LogP contribution in [0.3, 0.4) is 0 Å². The molecule has 0 amide bonds. The van der Waals surface area contributed by atoms with Crippen molar-refractivity contribution in [3.8, 4) is 0 Å². The summed E-state index contributed by atoms with van der Waals surface area (Å²) in [7, 11) is 0. The van der Waals surface area contributed by atoms with E-state index in [1.54, 1.807) is 18.3 Å². The van der Waals surface area contributed by atoms with E-state index < -0.39 is 0 Å². The van der Waals surface area contributed by atoms with Gasteiger partial charge in [0.15, 0.2) is 5.82 Å². The molecular weight excluding hydrogens is 391 g/mol. The lowest BCUT2D eigenvalue weighted by Gasteiger charge is -2.36. The molecule has 5 rings (SSSR count). The van der Waals surface area contributed by atoms with Crippen molar-refractivity contribution in [3.05, 3.63) is 83.9 Å². The van der Waals surface area contributed by atoms with Gasteiger partial charge < -0.3 is 15.5 Å². The second-order valence-electron chi connectivity index (χ2n) is 7.74. The number of hydrogen-bond donors (Lipinski definition) is 1. The fourth-order valence-electron chi connectivity index (χ4n) is 4.04. The first-order valence-electron chi connectivity index (χ1n) is 10.4. The van der Waals surface area contributed by atoms with E-state index in [9.17, 15) is 4.39 Å². The number of hydrogen-bond acceptors (Lipinski definition) is 6. The van der Waals surface area contributed by atoms with Crippen molar-refractivity contribution in [2.45, 2.75) is 6.42 Å². The molecule has 156 valence electrons. The van der Waals surface area contributed by atoms with Crippen LogP contribution < -0.4 is 15.5 Å². The Labute approximate surface area is 180 Å². The van der Waals surface area contributed by atoms with E-state index in [1.807, 2.05) is 24.3 Å². The number of nitrogens with zero attached hydrogens (tertiary/aromatic N) is 5. The minimum Gasteiger partial charge on any atom is -0.397 e. The quantitative estimate of drug-likeness (QED) is 0.550. The van der Waals surface area contributed by atoms with E-state index in [2.05, 4.69) is 37.1 Å². The van der Waals surface area contributed by atoms with Gasteiger partial charge in [-0.25, -0.2) is 9.37 Å². The molecule has 0 spiro atoms. The zero-order valence-electron chi connectivity index (χ0n) is 17.1. The molecule has 4 aromatic rings. The van der Waals surface area contributed by atoms with Crippen LogP contribution in [0.4, 0.5) is 21.7 Å². The number of fused-ring (bicyclic) bond motifs is 1. The lowest BCUT2D eigenvalue weighted by molar-refractivity contribution is 0.627. The Hall–Kier alpha value is -3.74. The van der Waals surface area contributed by atoms with Crippen LogP contribution in [0.2, 0.25) is 0 Å². The van der Waals surface area contributed by atoms with Gasteiger partial charge in [0.2, 0.25) is 0 Å². The van der Waals surface area contributed by atoms with Crippen LogP contribution in [0.1, 0.15) is 11.3 Å². The normalized spacial score (nSPS) is 14.2. The van der Waals surface area contributed by atoms with E-state index in [4.69, 9.17) is 5.73 Å². The molecule has 0 radical (unpaired) electrons. The van der Waals surface area contributed by atoms with Gasteiger partial charge >= 0.3 is 0 Å². The summed E-state index contributed by atoms with van der Waals surface area (Å²) in [5.74, 6) is 1.62. The molecule has 1 fully saturated rings. The van der Waals surface area contributed by atoms with Crippen LogP contribution in [-0.4, -0.2) is 41.4 Å². The second-order valence-corrected chi connectivity index (χ2v) is 7.74. The Morgan fingerprint density at radius 2 is 1.52 bits per heavy atom. The average molecular weight is 414 g/mol. The van der Waals surface area contributed by atoms with Gasteiger partial charge in [0.05, 0.1) is 17.6 Å². The number of halogens is 1. The fraction of sp³-hybridized carbons (Fsp3) is 0.208. The molecule has 1 aliphatic rings. The molecule has 0 unspecified atom stereocenters. The number of pyridine rings is 1. The summed E-state index contributed by atoms with van der Waals surface area (Å²) in [5.41, 5.74) is 8.34. The smallest absolute Gasteiger partial charge is 0.159 e. The van der Waals surface area contributed by atoms with Gasteiger partial charge in [0.1, 0.15) is 11.6 Å². The number of aromatic nitrogens is 3. The monoisotopic (exact) mass is 414 g/mol. The number of benzene rings is 2. The van der Waals surface area contributed by atoms with Crippen molar-refractivity contribution in [1.29, 1.82) is 0 Å². The lowest BCUT2D eigenvalue weighted by Crippen LogP contribution is -2.47. The van der Waals surface area contributed by atoms with Crippen LogP contribution >= 0.6 is 0 Å². The Bertz CT molecular complexity index is 1190. The molecular formula is C24H23FN6. The van der Waals surface area contributed by atoms with Gasteiger partial charge in [-0.3, -0.25) is 0 Å². The van der Waals surface area contributed by atoms with Gasteiger partial charge in [-0.2, -0.15) is 5.10 Å². The van der Waals surface area contributed by atoms with E-state index in [0.29, 0.717) is 12.1 Å². The molecule has 0 saturated carbocycles. The molecule has 0 bridgehead atoms. The maximum Gasteiger partial charge on any atom is 0.159 e. The number of piperazine rings is 1. The van der Waals surface area contributed by atoms with Crippen LogP contribution in [-0.2, 0) is 6.42 Å². The third-order valence-electron chi connectivity index (χ3n) is 5.70. The van der Waals surface area contributed by atoms with Crippen LogP contribution in [0.25, 0.3) is 10.8 Å². The number of nitrogen functional groups attached to an aromatic ring is 1. The van der Waals surface area contributed by atoms with Crippen LogP contribution in [0, 0.1) is 5.82 Å². The molecule has 6 nitrogen and oxygen atoms in total. The van der Waals surface area contributed by atoms with Crippen molar-refractivity contribution in [2.75, 3.05) is 41.7 Å². The highest BCUT2D eigenvalue weighted by Gasteiger charge is 2.22. The van der Waals surface area contributed by atoms with E-state index >= 15 is 0 Å². The van der Waals surface area contributed by atoms with E-state index in [0.717, 1.165) is 59.8 Å². The molecule has 2 aromatic carbocycles. The average Bonchev–Trinajstić information content (AvgIpc) is 2.81. The molecule has 0 aliphatic carbocycles. The minimum atomic E-state index is -0.233. The molecule has 1 aliphatic heterocycles. The van der Waals surface area contributed by atoms with E-state index in [-0.39, 0.29) is 5.82 Å². The lowest BCUT2D eigenvalue weighted by atomic mass is 10.0. The summed E-state index contributed by atoms with van der Waals surface area (Å²) >= 11 is 0. The van der Waals surface area contributed by atoms with Gasteiger partial charge in [-0.05, 0) is 29.8 Å². The third kappa shape index (κ3) is 3.99. The molecule has 3 heterocycles. The molecule has 7 heteroatoms. The SMILES string of the molecule is Nc1ccc(N2CCN(c3nnc(Cc4ccc(F)cc4)c4ccccc34)CC2)nc1. The molecule has 31 heavy (non-hydrogen) atoms. The minimum absolute atomic E-state index is 0.233. The molecule has 1 saturated heterocycles. The van der Waals surface area contributed by atoms with Crippen molar-refractivity contribution < 1.29 is 4.39 Å². The summed E-state index contributed by atoms with van der Waals surface area (Å²) in [4.78, 5) is 8.98. The van der Waals surface area contributed by atoms with Crippen molar-refractivity contribution in [1.82, 2.24) is 15.2 Å². The first-order chi connectivity index (χ1) is 15.2. The highest BCUT2D eigenvalue weighted by Crippen LogP contribution is 2.28. The molecule has 2 N–H and O–H groups in total. The third-order valence-corrected chi connectivity index (χ3v) is 5.70. The van der Waals surface area contributed by atoms with Crippen molar-refractivity contribution in [2.24, 2.45) is 0 Å². The zero-order valence-corrected chi connectivity index (χ0v) is 17.1. The second kappa shape index (κ2) is 8.18. The highest BCUT2D eigenvalue weighted by atomic mass is 19.1. The van der Waals surface area contributed by atoms with Gasteiger partial charge in [0.25, 0.3) is 0 Å². The highest BCUT2D eigenvalue weighted by molar-refractivity contribution is 5.93. The largest absolute Gasteiger partial charge is 0.397 e. The van der Waals surface area contributed by atoms with Crippen molar-refractivity contribution in [3.63, 3.8) is 0 Å². The first kappa shape index (κ1) is 19.2. The summed E-state index contributed by atoms with van der Waals surface area (Å²) < 4.78 is 13.2. The summed E-state index contributed by atoms with van der Waals surface area (Å²) in [6, 6.07) is 18.6. The molecule has 0 atom stereocenters. The maximum absolute atomic E-state index is 13.2. The Morgan fingerprint density at radius 3 is 2.23 bits per heavy atom. The van der Waals surface area contributed by atoms with E-state index in [1.165, 1.54) is 12.1 Å². The summed E-state index contributed by atoms with van der Waals surface area (Å²) in [6.45, 7) is 3.37. The Morgan fingerprint density at radius 1 is 0.806 bits per heavy atom. The van der Waals surface area contributed by atoms with Gasteiger partial charge in [-0.1, -0.05) is 36.4 Å². The fourth-order valence-corrected chi connectivity index (χ4v) is 4.04. The van der Waals surface area contributed by atoms with Crippen LogP contribution in [0.15, 0.2) is 66.9 Å². The number of nitrogens with two attached hydrogens (primary N) is 1. The van der Waals surface area contributed by atoms with Gasteiger partial charge in [0, 0.05) is 43.4 Å². The number of rotatable bonds is 4. The predicted octanol–water partition coefficient (Wildman–Crippen LogP) is 3.66. The summed E-state index contributed by atoms with van der Waals surface area (Å²) in [5, 5.41) is 11.3. The van der Waals surface area contributed by atoms with Crippen LogP contribution in [0.5, 0.6) is 0 Å². The standard InChI is InChI=1S/C24H23FN6/c25-18-7-5-17(6-8-18)15-22-20-3-1-2-4-21(20)24(29-28-22)31-13-11-30(12-14-31)23-10-9-19(26)16-27-23/h1-10,16H,11-15,26H2. The number of anilines is 3. The van der Waals surface area contributed by atoms with Gasteiger partial charge in [-0.15, -0.1) is 5.10 Å². The predicted molar refractivity (Wildman–Crippen MR) is 122 cm³/mol. The Balaban J connectivity index is 1.38. The topological polar surface area (TPSA) is 71.2 Å².